The largest absolute Gasteiger partial charge is 0.493 e. The zero-order chi connectivity index (χ0) is 22.2. The van der Waals surface area contributed by atoms with E-state index in [1.165, 1.54) is 0 Å². The first-order chi connectivity index (χ1) is 15.7. The molecule has 0 radical (unpaired) electrons. The predicted octanol–water partition coefficient (Wildman–Crippen LogP) is 6.00. The van der Waals surface area contributed by atoms with E-state index in [4.69, 9.17) is 9.47 Å². The summed E-state index contributed by atoms with van der Waals surface area (Å²) in [6, 6.07) is 30.5. The third-order valence-corrected chi connectivity index (χ3v) is 5.03. The van der Waals surface area contributed by atoms with E-state index in [0.29, 0.717) is 11.5 Å². The second-order valence-corrected chi connectivity index (χ2v) is 7.17. The lowest BCUT2D eigenvalue weighted by Gasteiger charge is -2.18. The number of benzene rings is 3. The minimum atomic E-state index is -0.536. The van der Waals surface area contributed by atoms with Crippen LogP contribution >= 0.6 is 0 Å². The fourth-order valence-electron chi connectivity index (χ4n) is 3.45. The molecule has 3 aromatic carbocycles. The van der Waals surface area contributed by atoms with Gasteiger partial charge in [0.05, 0.1) is 12.8 Å². The Bertz CT molecular complexity index is 1150. The molecule has 0 amide bonds. The van der Waals surface area contributed by atoms with Crippen molar-refractivity contribution in [2.75, 3.05) is 7.11 Å². The lowest BCUT2D eigenvalue weighted by atomic mass is 9.91. The first kappa shape index (κ1) is 21.1. The summed E-state index contributed by atoms with van der Waals surface area (Å²) >= 11 is 0. The Balaban J connectivity index is 1.59. The Morgan fingerprint density at radius 2 is 1.44 bits per heavy atom. The van der Waals surface area contributed by atoms with Gasteiger partial charge in [0.1, 0.15) is 5.92 Å². The van der Waals surface area contributed by atoms with E-state index in [2.05, 4.69) is 4.98 Å². The highest BCUT2D eigenvalue weighted by Crippen LogP contribution is 2.32. The summed E-state index contributed by atoms with van der Waals surface area (Å²) in [5.74, 6) is -0.0333. The van der Waals surface area contributed by atoms with Crippen LogP contribution in [0.25, 0.3) is 12.2 Å². The van der Waals surface area contributed by atoms with Crippen molar-refractivity contribution in [2.45, 2.75) is 5.92 Å². The van der Waals surface area contributed by atoms with Crippen LogP contribution in [0, 0.1) is 0 Å². The number of hydrogen-bond acceptors (Lipinski definition) is 4. The van der Waals surface area contributed by atoms with Gasteiger partial charge in [0, 0.05) is 6.20 Å². The van der Waals surface area contributed by atoms with Crippen molar-refractivity contribution >= 4 is 18.1 Å². The van der Waals surface area contributed by atoms with Gasteiger partial charge in [0.15, 0.2) is 11.5 Å². The number of pyridine rings is 1. The molecule has 1 aromatic heterocycles. The maximum atomic E-state index is 13.3. The van der Waals surface area contributed by atoms with Crippen LogP contribution in [-0.2, 0) is 4.79 Å². The highest BCUT2D eigenvalue weighted by atomic mass is 16.6. The standard InChI is InChI=1S/C28H23NO3/c1-31-26-20-21(15-17-24-14-8-9-19-29-24)16-18-25(26)32-28(30)27(22-10-4-2-5-11-22)23-12-6-3-7-13-23/h2-20,27H,1H3/b17-15+. The molecular formula is C28H23NO3. The fourth-order valence-corrected chi connectivity index (χ4v) is 3.45. The van der Waals surface area contributed by atoms with Gasteiger partial charge in [-0.2, -0.15) is 0 Å². The number of aromatic nitrogens is 1. The summed E-state index contributed by atoms with van der Waals surface area (Å²) in [4.78, 5) is 17.6. The molecule has 0 fully saturated rings. The molecule has 0 atom stereocenters. The van der Waals surface area contributed by atoms with Gasteiger partial charge >= 0.3 is 5.97 Å². The summed E-state index contributed by atoms with van der Waals surface area (Å²) in [5, 5.41) is 0. The van der Waals surface area contributed by atoms with E-state index in [9.17, 15) is 4.79 Å². The summed E-state index contributed by atoms with van der Waals surface area (Å²) in [6.07, 6.45) is 5.60. The average Bonchev–Trinajstić information content (AvgIpc) is 2.85. The monoisotopic (exact) mass is 421 g/mol. The van der Waals surface area contributed by atoms with E-state index < -0.39 is 5.92 Å². The van der Waals surface area contributed by atoms with Crippen LogP contribution in [0.3, 0.4) is 0 Å². The van der Waals surface area contributed by atoms with Gasteiger partial charge in [-0.15, -0.1) is 0 Å². The number of nitrogens with zero attached hydrogens (tertiary/aromatic N) is 1. The number of hydrogen-bond donors (Lipinski definition) is 0. The topological polar surface area (TPSA) is 48.4 Å². The van der Waals surface area contributed by atoms with E-state index >= 15 is 0 Å². The Labute approximate surface area is 187 Å². The summed E-state index contributed by atoms with van der Waals surface area (Å²) in [5.41, 5.74) is 3.51. The van der Waals surface area contributed by atoms with Crippen molar-refractivity contribution in [3.05, 3.63) is 126 Å². The molecule has 0 aliphatic carbocycles. The van der Waals surface area contributed by atoms with Gasteiger partial charge in [-0.1, -0.05) is 78.9 Å². The Kier molecular flexibility index (Phi) is 6.73. The molecule has 1 heterocycles. The molecule has 0 aliphatic rings. The minimum absolute atomic E-state index is 0.363. The molecule has 4 rings (SSSR count). The van der Waals surface area contributed by atoms with Crippen LogP contribution in [-0.4, -0.2) is 18.1 Å². The smallest absolute Gasteiger partial charge is 0.323 e. The van der Waals surface area contributed by atoms with Crippen molar-refractivity contribution in [2.24, 2.45) is 0 Å². The Morgan fingerprint density at radius 1 is 0.781 bits per heavy atom. The zero-order valence-corrected chi connectivity index (χ0v) is 17.7. The lowest BCUT2D eigenvalue weighted by molar-refractivity contribution is -0.135. The second-order valence-electron chi connectivity index (χ2n) is 7.17. The third-order valence-electron chi connectivity index (χ3n) is 5.03. The van der Waals surface area contributed by atoms with E-state index in [-0.39, 0.29) is 5.97 Å². The molecule has 158 valence electrons. The SMILES string of the molecule is COc1cc(/C=C/c2ccccn2)ccc1OC(=O)C(c1ccccc1)c1ccccc1. The first-order valence-electron chi connectivity index (χ1n) is 10.3. The molecule has 0 saturated carbocycles. The number of carbonyl (C=O) groups is 1. The van der Waals surface area contributed by atoms with Gasteiger partial charge in [0.2, 0.25) is 0 Å². The van der Waals surface area contributed by atoms with E-state index in [1.807, 2.05) is 103 Å². The van der Waals surface area contributed by atoms with Crippen molar-refractivity contribution in [1.82, 2.24) is 4.98 Å². The molecule has 0 unspecified atom stereocenters. The van der Waals surface area contributed by atoms with Gasteiger partial charge in [-0.25, -0.2) is 0 Å². The summed E-state index contributed by atoms with van der Waals surface area (Å²) in [6.45, 7) is 0. The third kappa shape index (κ3) is 5.10. The minimum Gasteiger partial charge on any atom is -0.493 e. The van der Waals surface area contributed by atoms with Crippen LogP contribution in [0.15, 0.2) is 103 Å². The quantitative estimate of drug-likeness (QED) is 0.271. The molecule has 0 N–H and O–H groups in total. The van der Waals surface area contributed by atoms with E-state index in [0.717, 1.165) is 22.4 Å². The molecule has 4 heteroatoms. The number of methoxy groups -OCH3 is 1. The fraction of sp³-hybridized carbons (Fsp3) is 0.0714. The van der Waals surface area contributed by atoms with Crippen LogP contribution in [0.2, 0.25) is 0 Å². The molecular weight excluding hydrogens is 398 g/mol. The maximum absolute atomic E-state index is 13.3. The normalized spacial score (nSPS) is 10.9. The Morgan fingerprint density at radius 3 is 2.03 bits per heavy atom. The van der Waals surface area contributed by atoms with Crippen molar-refractivity contribution < 1.29 is 14.3 Å². The average molecular weight is 421 g/mol. The molecule has 0 aliphatic heterocycles. The van der Waals surface area contributed by atoms with Crippen LogP contribution in [0.5, 0.6) is 11.5 Å². The van der Waals surface area contributed by atoms with Crippen LogP contribution < -0.4 is 9.47 Å². The van der Waals surface area contributed by atoms with Gasteiger partial charge in [-0.3, -0.25) is 9.78 Å². The van der Waals surface area contributed by atoms with Crippen molar-refractivity contribution in [3.8, 4) is 11.5 Å². The molecule has 0 spiro atoms. The number of rotatable bonds is 7. The highest BCUT2D eigenvalue weighted by molar-refractivity contribution is 5.84. The molecule has 0 bridgehead atoms. The van der Waals surface area contributed by atoms with Gasteiger partial charge < -0.3 is 9.47 Å². The van der Waals surface area contributed by atoms with E-state index in [1.54, 1.807) is 19.4 Å². The Hall–Kier alpha value is -4.18. The van der Waals surface area contributed by atoms with Crippen LogP contribution in [0.1, 0.15) is 28.3 Å². The number of carbonyl (C=O) groups excluding carboxylic acids is 1. The predicted molar refractivity (Wildman–Crippen MR) is 127 cm³/mol. The lowest BCUT2D eigenvalue weighted by Crippen LogP contribution is -2.20. The summed E-state index contributed by atoms with van der Waals surface area (Å²) < 4.78 is 11.3. The van der Waals surface area contributed by atoms with Gasteiger partial charge in [-0.05, 0) is 47.0 Å². The highest BCUT2D eigenvalue weighted by Gasteiger charge is 2.25. The van der Waals surface area contributed by atoms with Crippen molar-refractivity contribution in [1.29, 1.82) is 0 Å². The molecule has 4 aromatic rings. The van der Waals surface area contributed by atoms with Crippen molar-refractivity contribution in [3.63, 3.8) is 0 Å². The maximum Gasteiger partial charge on any atom is 0.323 e. The first-order valence-corrected chi connectivity index (χ1v) is 10.3. The summed E-state index contributed by atoms with van der Waals surface area (Å²) in [7, 11) is 1.56. The zero-order valence-electron chi connectivity index (χ0n) is 17.7. The molecule has 0 saturated heterocycles. The number of esters is 1. The van der Waals surface area contributed by atoms with Crippen LogP contribution in [0.4, 0.5) is 0 Å². The second kappa shape index (κ2) is 10.2. The molecule has 32 heavy (non-hydrogen) atoms. The number of ether oxygens (including phenoxy) is 2. The molecule has 4 nitrogen and oxygen atoms in total. The van der Waals surface area contributed by atoms with Gasteiger partial charge in [0.25, 0.3) is 0 Å².